The summed E-state index contributed by atoms with van der Waals surface area (Å²) in [5.74, 6) is 0.585. The molecule has 0 amide bonds. The van der Waals surface area contributed by atoms with Crippen LogP contribution in [0.3, 0.4) is 0 Å². The van der Waals surface area contributed by atoms with Gasteiger partial charge >= 0.3 is 5.43 Å². The van der Waals surface area contributed by atoms with Gasteiger partial charge in [0.15, 0.2) is 0 Å². The number of unbranched alkanes of at least 4 members (excludes halogenated alkanes) is 3. The molecule has 0 bridgehead atoms. The van der Waals surface area contributed by atoms with Crippen LogP contribution in [0.15, 0.2) is 6.08 Å². The van der Waals surface area contributed by atoms with Crippen molar-refractivity contribution in [2.45, 2.75) is 58.6 Å². The molecule has 6 nitrogen and oxygen atoms in total. The van der Waals surface area contributed by atoms with Crippen molar-refractivity contribution in [3.8, 4) is 5.88 Å². The fraction of sp³-hybridized carbons (Fsp3) is 0.706. The molecule has 0 N–H and O–H groups in total. The number of ether oxygens (including phenoxy) is 2. The van der Waals surface area contributed by atoms with Gasteiger partial charge in [-0.3, -0.25) is 0 Å². The molecule has 0 fully saturated rings. The van der Waals surface area contributed by atoms with E-state index in [2.05, 4.69) is 21.7 Å². The lowest BCUT2D eigenvalue weighted by Gasteiger charge is -2.39. The fourth-order valence-corrected chi connectivity index (χ4v) is 4.23. The highest BCUT2D eigenvalue weighted by atomic mass is 35.5. The molecule has 2 heterocycles. The van der Waals surface area contributed by atoms with E-state index >= 15 is 0 Å². The van der Waals surface area contributed by atoms with Gasteiger partial charge in [0.05, 0.1) is 37.7 Å². The number of halogens is 1. The minimum atomic E-state index is -0.800. The van der Waals surface area contributed by atoms with E-state index in [4.69, 9.17) is 33.9 Å². The SMILES string of the molecule is CCCCCCOc1nsnc1C1=CCC[N+](S)(C(CC)OC(=O)Cl)C1. The molecular weight excluding hydrogens is 394 g/mol. The number of hydrogen-bond donors (Lipinski definition) is 1. The molecule has 0 saturated heterocycles. The molecule has 1 aromatic rings. The normalized spacial score (nSPS) is 21.2. The Hall–Kier alpha value is -0.830. The smallest absolute Gasteiger partial charge is 0.408 e. The van der Waals surface area contributed by atoms with Crippen LogP contribution in [0.5, 0.6) is 5.88 Å². The number of aromatic nitrogens is 2. The predicted octanol–water partition coefficient (Wildman–Crippen LogP) is 5.06. The maximum Gasteiger partial charge on any atom is 0.408 e. The number of thiol groups is 1. The molecule has 0 saturated carbocycles. The quantitative estimate of drug-likeness (QED) is 0.248. The Balaban J connectivity index is 2.04. The van der Waals surface area contributed by atoms with Gasteiger partial charge in [-0.2, -0.15) is 4.37 Å². The van der Waals surface area contributed by atoms with Gasteiger partial charge in [0.25, 0.3) is 5.88 Å². The van der Waals surface area contributed by atoms with Crippen LogP contribution in [0.2, 0.25) is 0 Å². The van der Waals surface area contributed by atoms with Gasteiger partial charge in [0, 0.05) is 30.0 Å². The second-order valence-corrected chi connectivity index (χ2v) is 8.07. The topological polar surface area (TPSA) is 61.3 Å². The van der Waals surface area contributed by atoms with Crippen molar-refractivity contribution in [2.24, 2.45) is 0 Å². The van der Waals surface area contributed by atoms with Crippen molar-refractivity contribution in [3.05, 3.63) is 11.8 Å². The molecule has 2 atom stereocenters. The highest BCUT2D eigenvalue weighted by Crippen LogP contribution is 2.35. The average molecular weight is 421 g/mol. The summed E-state index contributed by atoms with van der Waals surface area (Å²) in [7, 11) is 0. The minimum absolute atomic E-state index is 0.286. The summed E-state index contributed by atoms with van der Waals surface area (Å²) in [6, 6.07) is 0. The molecule has 1 aliphatic rings. The number of rotatable bonds is 10. The van der Waals surface area contributed by atoms with Gasteiger partial charge in [-0.05, 0) is 6.42 Å². The standard InChI is InChI=1S/C17H27ClN3O3S2/c1-3-5-6-7-11-23-16-15(19-26-20-16)13-9-8-10-21(25,12-13)14(4-2)24-17(18)22/h9,14,25H,3-8,10-12H2,1-2H3/q+1. The zero-order valence-electron chi connectivity index (χ0n) is 15.3. The summed E-state index contributed by atoms with van der Waals surface area (Å²) in [5.41, 5.74) is 0.993. The number of hydrogen-bond acceptors (Lipinski definition) is 7. The molecule has 1 aromatic heterocycles. The summed E-state index contributed by atoms with van der Waals surface area (Å²) in [5, 5.41) is 0. The third-order valence-corrected chi connectivity index (χ3v) is 5.66. The Bertz CT molecular complexity index is 626. The monoisotopic (exact) mass is 420 g/mol. The van der Waals surface area contributed by atoms with Gasteiger partial charge in [-0.15, -0.1) is 4.37 Å². The summed E-state index contributed by atoms with van der Waals surface area (Å²) < 4.78 is 20.1. The van der Waals surface area contributed by atoms with Crippen molar-refractivity contribution in [2.75, 3.05) is 19.7 Å². The molecule has 0 radical (unpaired) electrons. The fourth-order valence-electron chi connectivity index (χ4n) is 3.12. The van der Waals surface area contributed by atoms with E-state index in [1.165, 1.54) is 12.8 Å². The largest absolute Gasteiger partial charge is 0.475 e. The number of carbonyl (C=O) groups excluding carboxylic acids is 1. The molecule has 0 aliphatic carbocycles. The second kappa shape index (κ2) is 10.5. The van der Waals surface area contributed by atoms with E-state index in [9.17, 15) is 4.79 Å². The van der Waals surface area contributed by atoms with Crippen LogP contribution in [0.1, 0.15) is 58.1 Å². The molecule has 2 unspecified atom stereocenters. The summed E-state index contributed by atoms with van der Waals surface area (Å²) in [6.45, 7) is 6.11. The molecule has 26 heavy (non-hydrogen) atoms. The van der Waals surface area contributed by atoms with Crippen molar-refractivity contribution >= 4 is 47.1 Å². The zero-order valence-corrected chi connectivity index (χ0v) is 17.8. The Morgan fingerprint density at radius 3 is 2.88 bits per heavy atom. The van der Waals surface area contributed by atoms with Crippen LogP contribution in [-0.2, 0) is 4.74 Å². The molecule has 9 heteroatoms. The van der Waals surface area contributed by atoms with E-state index < -0.39 is 11.7 Å². The zero-order chi connectivity index (χ0) is 19.0. The van der Waals surface area contributed by atoms with Gasteiger partial charge in [0.1, 0.15) is 12.2 Å². The van der Waals surface area contributed by atoms with Crippen molar-refractivity contribution in [1.82, 2.24) is 8.75 Å². The van der Waals surface area contributed by atoms with Crippen molar-refractivity contribution < 1.29 is 18.2 Å². The first-order valence-corrected chi connectivity index (χ1v) is 10.6. The molecule has 0 spiro atoms. The van der Waals surface area contributed by atoms with Crippen LogP contribution in [0, 0.1) is 0 Å². The predicted molar refractivity (Wildman–Crippen MR) is 108 cm³/mol. The van der Waals surface area contributed by atoms with Crippen molar-refractivity contribution in [1.29, 1.82) is 0 Å². The van der Waals surface area contributed by atoms with Crippen LogP contribution in [0.4, 0.5) is 4.79 Å². The third kappa shape index (κ3) is 5.84. The number of nitrogens with zero attached hydrogens (tertiary/aromatic N) is 3. The molecule has 146 valence electrons. The summed E-state index contributed by atoms with van der Waals surface area (Å²) in [6.07, 6.45) is 7.76. The highest BCUT2D eigenvalue weighted by Gasteiger charge is 2.40. The lowest BCUT2D eigenvalue weighted by Crippen LogP contribution is -2.52. The van der Waals surface area contributed by atoms with Gasteiger partial charge in [-0.25, -0.2) is 8.68 Å². The average Bonchev–Trinajstić information content (AvgIpc) is 3.08. The lowest BCUT2D eigenvalue weighted by atomic mass is 10.1. The first-order chi connectivity index (χ1) is 12.5. The van der Waals surface area contributed by atoms with Crippen LogP contribution in [0.25, 0.3) is 5.57 Å². The van der Waals surface area contributed by atoms with E-state index in [1.54, 1.807) is 0 Å². The van der Waals surface area contributed by atoms with Gasteiger partial charge < -0.3 is 9.47 Å². The highest BCUT2D eigenvalue weighted by molar-refractivity contribution is 7.74. The Morgan fingerprint density at radius 1 is 1.38 bits per heavy atom. The first-order valence-electron chi connectivity index (χ1n) is 9.10. The van der Waals surface area contributed by atoms with E-state index in [0.29, 0.717) is 25.5 Å². The molecule has 2 rings (SSSR count). The summed E-state index contributed by atoms with van der Waals surface area (Å²) in [4.78, 5) is 11.2. The minimum Gasteiger partial charge on any atom is -0.475 e. The first kappa shape index (κ1) is 21.5. The molecular formula is C17H27ClN3O3S2+. The molecule has 0 aromatic carbocycles. The maximum absolute atomic E-state index is 11.2. The Kier molecular flexibility index (Phi) is 8.66. The van der Waals surface area contributed by atoms with E-state index in [1.807, 2.05) is 6.92 Å². The van der Waals surface area contributed by atoms with Crippen LogP contribution >= 0.6 is 36.1 Å². The number of quaternary nitrogens is 1. The van der Waals surface area contributed by atoms with E-state index in [-0.39, 0.29) is 3.89 Å². The van der Waals surface area contributed by atoms with Gasteiger partial charge in [0.2, 0.25) is 6.23 Å². The van der Waals surface area contributed by atoms with Gasteiger partial charge in [-0.1, -0.05) is 39.2 Å². The Morgan fingerprint density at radius 2 is 2.19 bits per heavy atom. The third-order valence-electron chi connectivity index (χ3n) is 4.46. The lowest BCUT2D eigenvalue weighted by molar-refractivity contribution is -0.837. The van der Waals surface area contributed by atoms with Crippen LogP contribution < -0.4 is 4.74 Å². The molecule has 1 aliphatic heterocycles. The maximum atomic E-state index is 11.2. The van der Waals surface area contributed by atoms with Crippen LogP contribution in [-0.4, -0.2) is 44.0 Å². The second-order valence-electron chi connectivity index (χ2n) is 6.43. The van der Waals surface area contributed by atoms with Crippen molar-refractivity contribution in [3.63, 3.8) is 0 Å². The Labute approximate surface area is 170 Å². The van der Waals surface area contributed by atoms with E-state index in [0.717, 1.165) is 48.8 Å². The summed E-state index contributed by atoms with van der Waals surface area (Å²) >= 11 is 11.4. The number of carbonyl (C=O) groups is 1.